The van der Waals surface area contributed by atoms with Crippen molar-refractivity contribution in [1.82, 2.24) is 9.80 Å². The summed E-state index contributed by atoms with van der Waals surface area (Å²) in [6.45, 7) is 9.43. The number of hydrogen-bond acceptors (Lipinski definition) is 8. The lowest BCUT2D eigenvalue weighted by molar-refractivity contribution is -0.129. The van der Waals surface area contributed by atoms with Gasteiger partial charge in [0, 0.05) is 11.9 Å². The van der Waals surface area contributed by atoms with Gasteiger partial charge in [0.15, 0.2) is 34.4 Å². The highest BCUT2D eigenvalue weighted by molar-refractivity contribution is 6.16. The number of carbonyl (C=O) groups is 2. The largest absolute Gasteiger partial charge is 0.503 e. The molecule has 0 spiro atoms. The number of ether oxygens (including phenoxy) is 3. The molecule has 1 N–H and O–H groups in total. The Morgan fingerprint density at radius 3 is 2.44 bits per heavy atom. The van der Waals surface area contributed by atoms with Crippen LogP contribution in [0.5, 0.6) is 17.2 Å². The molecular weight excluding hydrogens is 500 g/mol. The minimum atomic E-state index is -0.832. The molecule has 208 valence electrons. The molecule has 1 unspecified atom stereocenters. The predicted octanol–water partition coefficient (Wildman–Crippen LogP) is 5.16. The molecular formula is C30H36N2O7. The van der Waals surface area contributed by atoms with Crippen molar-refractivity contribution in [3.63, 3.8) is 0 Å². The summed E-state index contributed by atoms with van der Waals surface area (Å²) >= 11 is 0. The molecule has 3 aromatic rings. The normalized spacial score (nSPS) is 15.5. The van der Waals surface area contributed by atoms with Gasteiger partial charge in [-0.1, -0.05) is 32.0 Å². The Labute approximate surface area is 228 Å². The topological polar surface area (TPSA) is 102 Å². The SMILES string of the molecule is CCOc1ccc(C2C(C(=O)c3cc4cccc(OC)c4o3)=C(O)C(=O)N2CCCN(CC)CC)cc1OC. The first-order valence-corrected chi connectivity index (χ1v) is 13.3. The highest BCUT2D eigenvalue weighted by Gasteiger charge is 2.44. The maximum absolute atomic E-state index is 13.9. The molecule has 0 fully saturated rings. The Morgan fingerprint density at radius 2 is 1.77 bits per heavy atom. The standard InChI is InChI=1S/C30H36N2O7/c1-6-31(7-2)15-10-16-32-26(19-13-14-21(38-8-3)23(17-19)37-5)25(28(34)30(32)35)27(33)24-18-20-11-9-12-22(36-4)29(20)39-24/h9,11-14,17-18,26,34H,6-8,10,15-16H2,1-5H3. The number of ketones is 1. The Hall–Kier alpha value is -3.98. The van der Waals surface area contributed by atoms with Crippen molar-refractivity contribution in [3.05, 3.63) is 65.1 Å². The molecule has 0 aliphatic carbocycles. The van der Waals surface area contributed by atoms with Crippen LogP contribution in [0.25, 0.3) is 11.0 Å². The zero-order valence-corrected chi connectivity index (χ0v) is 23.2. The average molecular weight is 537 g/mol. The van der Waals surface area contributed by atoms with Gasteiger partial charge in [0.1, 0.15) is 0 Å². The van der Waals surface area contributed by atoms with Crippen molar-refractivity contribution in [2.75, 3.05) is 47.0 Å². The number of carbonyl (C=O) groups excluding carboxylic acids is 2. The number of methoxy groups -OCH3 is 2. The predicted molar refractivity (Wildman–Crippen MR) is 148 cm³/mol. The monoisotopic (exact) mass is 536 g/mol. The number of amides is 1. The second-order valence-corrected chi connectivity index (χ2v) is 9.21. The van der Waals surface area contributed by atoms with Gasteiger partial charge in [-0.2, -0.15) is 0 Å². The Morgan fingerprint density at radius 1 is 1.03 bits per heavy atom. The quantitative estimate of drug-likeness (QED) is 0.299. The first kappa shape index (κ1) is 28.0. The van der Waals surface area contributed by atoms with Crippen LogP contribution in [-0.4, -0.2) is 73.6 Å². The molecule has 0 saturated carbocycles. The Kier molecular flexibility index (Phi) is 8.81. The van der Waals surface area contributed by atoms with Crippen LogP contribution < -0.4 is 14.2 Å². The van der Waals surface area contributed by atoms with E-state index in [0.29, 0.717) is 53.4 Å². The fraction of sp³-hybridized carbons (Fsp3) is 0.400. The molecule has 0 radical (unpaired) electrons. The smallest absolute Gasteiger partial charge is 0.290 e. The molecule has 9 nitrogen and oxygen atoms in total. The summed E-state index contributed by atoms with van der Waals surface area (Å²) in [5, 5.41) is 11.7. The zero-order valence-electron chi connectivity index (χ0n) is 23.2. The van der Waals surface area contributed by atoms with Gasteiger partial charge in [-0.3, -0.25) is 9.59 Å². The average Bonchev–Trinajstić information content (AvgIpc) is 3.50. The summed E-state index contributed by atoms with van der Waals surface area (Å²) in [7, 11) is 3.05. The minimum Gasteiger partial charge on any atom is -0.503 e. The van der Waals surface area contributed by atoms with E-state index in [1.54, 1.807) is 47.4 Å². The van der Waals surface area contributed by atoms with E-state index in [1.165, 1.54) is 14.2 Å². The van der Waals surface area contributed by atoms with E-state index in [9.17, 15) is 14.7 Å². The van der Waals surface area contributed by atoms with E-state index >= 15 is 0 Å². The summed E-state index contributed by atoms with van der Waals surface area (Å²) in [4.78, 5) is 31.1. The maximum atomic E-state index is 13.9. The third-order valence-corrected chi connectivity index (χ3v) is 7.07. The molecule has 39 heavy (non-hydrogen) atoms. The van der Waals surface area contributed by atoms with Crippen molar-refractivity contribution in [3.8, 4) is 17.2 Å². The van der Waals surface area contributed by atoms with Gasteiger partial charge in [0.25, 0.3) is 5.91 Å². The molecule has 4 rings (SSSR count). The molecule has 1 aliphatic rings. The maximum Gasteiger partial charge on any atom is 0.290 e. The summed E-state index contributed by atoms with van der Waals surface area (Å²) in [6, 6.07) is 11.4. The van der Waals surface area contributed by atoms with Crippen LogP contribution in [0, 0.1) is 0 Å². The van der Waals surface area contributed by atoms with E-state index in [1.807, 2.05) is 6.92 Å². The first-order valence-electron chi connectivity index (χ1n) is 13.3. The molecule has 1 aromatic heterocycles. The molecule has 1 atom stereocenters. The number of Topliss-reactive ketones (excluding diaryl/α,β-unsaturated/α-hetero) is 1. The van der Waals surface area contributed by atoms with Crippen LogP contribution in [0.4, 0.5) is 0 Å². The van der Waals surface area contributed by atoms with Crippen LogP contribution in [0.15, 0.2) is 58.2 Å². The molecule has 0 bridgehead atoms. The molecule has 2 aromatic carbocycles. The van der Waals surface area contributed by atoms with Gasteiger partial charge in [0.05, 0.1) is 32.4 Å². The summed E-state index contributed by atoms with van der Waals surface area (Å²) in [5.41, 5.74) is 1.00. The minimum absolute atomic E-state index is 0.0109. The number of hydrogen-bond donors (Lipinski definition) is 1. The van der Waals surface area contributed by atoms with Crippen molar-refractivity contribution >= 4 is 22.7 Å². The summed E-state index contributed by atoms with van der Waals surface area (Å²) < 4.78 is 22.5. The molecule has 0 saturated heterocycles. The second kappa shape index (κ2) is 12.3. The van der Waals surface area contributed by atoms with Crippen molar-refractivity contribution in [2.24, 2.45) is 0 Å². The number of nitrogens with zero attached hydrogens (tertiary/aromatic N) is 2. The third kappa shape index (κ3) is 5.45. The van der Waals surface area contributed by atoms with E-state index in [2.05, 4.69) is 18.7 Å². The zero-order chi connectivity index (χ0) is 28.1. The van der Waals surface area contributed by atoms with Crippen LogP contribution in [0.3, 0.4) is 0 Å². The van der Waals surface area contributed by atoms with E-state index in [-0.39, 0.29) is 11.3 Å². The van der Waals surface area contributed by atoms with Crippen LogP contribution in [0.1, 0.15) is 49.4 Å². The first-order chi connectivity index (χ1) is 18.9. The van der Waals surface area contributed by atoms with Crippen molar-refractivity contribution in [1.29, 1.82) is 0 Å². The van der Waals surface area contributed by atoms with E-state index in [4.69, 9.17) is 18.6 Å². The van der Waals surface area contributed by atoms with Gasteiger partial charge in [0.2, 0.25) is 5.78 Å². The lowest BCUT2D eigenvalue weighted by Gasteiger charge is -2.28. The molecule has 2 heterocycles. The Bertz CT molecular complexity index is 1370. The van der Waals surface area contributed by atoms with E-state index < -0.39 is 23.5 Å². The highest BCUT2D eigenvalue weighted by atomic mass is 16.5. The molecule has 1 amide bonds. The third-order valence-electron chi connectivity index (χ3n) is 7.07. The number of benzene rings is 2. The number of aliphatic hydroxyl groups excluding tert-OH is 1. The number of para-hydroxylation sites is 1. The number of rotatable bonds is 13. The number of aliphatic hydroxyl groups is 1. The van der Waals surface area contributed by atoms with E-state index in [0.717, 1.165) is 19.6 Å². The van der Waals surface area contributed by atoms with Gasteiger partial charge >= 0.3 is 0 Å². The van der Waals surface area contributed by atoms with Gasteiger partial charge in [-0.25, -0.2) is 0 Å². The molecule has 9 heteroatoms. The van der Waals surface area contributed by atoms with Crippen LogP contribution in [0.2, 0.25) is 0 Å². The Balaban J connectivity index is 1.76. The fourth-order valence-electron chi connectivity index (χ4n) is 5.04. The van der Waals surface area contributed by atoms with Crippen LogP contribution in [-0.2, 0) is 4.79 Å². The van der Waals surface area contributed by atoms with Crippen molar-refractivity contribution < 1.29 is 33.3 Å². The number of fused-ring (bicyclic) bond motifs is 1. The molecule has 1 aliphatic heterocycles. The van der Waals surface area contributed by atoms with Gasteiger partial charge in [-0.05, 0) is 62.8 Å². The lowest BCUT2D eigenvalue weighted by atomic mass is 9.94. The number of furan rings is 1. The van der Waals surface area contributed by atoms with Gasteiger partial charge in [-0.15, -0.1) is 0 Å². The van der Waals surface area contributed by atoms with Crippen LogP contribution >= 0.6 is 0 Å². The lowest BCUT2D eigenvalue weighted by Crippen LogP contribution is -2.34. The highest BCUT2D eigenvalue weighted by Crippen LogP contribution is 2.42. The summed E-state index contributed by atoms with van der Waals surface area (Å²) in [5.74, 6) is -0.223. The van der Waals surface area contributed by atoms with Crippen molar-refractivity contribution in [2.45, 2.75) is 33.2 Å². The second-order valence-electron chi connectivity index (χ2n) is 9.21. The van der Waals surface area contributed by atoms with Gasteiger partial charge < -0.3 is 33.5 Å². The summed E-state index contributed by atoms with van der Waals surface area (Å²) in [6.07, 6.45) is 0.675. The fourth-order valence-corrected chi connectivity index (χ4v) is 5.04.